The molecule has 1 saturated heterocycles. The average Bonchev–Trinajstić information content (AvgIpc) is 3.29. The Morgan fingerprint density at radius 1 is 1.12 bits per heavy atom. The Kier molecular flexibility index (Phi) is 5.70. The Balaban J connectivity index is 1.51. The third-order valence-electron chi connectivity index (χ3n) is 5.77. The van der Waals surface area contributed by atoms with Crippen LogP contribution in [-0.2, 0) is 4.74 Å². The predicted molar refractivity (Wildman–Crippen MR) is 121 cm³/mol. The van der Waals surface area contributed by atoms with Crippen LogP contribution >= 0.6 is 0 Å². The first-order valence-electron chi connectivity index (χ1n) is 10.7. The summed E-state index contributed by atoms with van der Waals surface area (Å²) in [5, 5.41) is 18.8. The number of pyridine rings is 1. The molecule has 8 heteroatoms. The van der Waals surface area contributed by atoms with E-state index in [1.165, 1.54) is 12.1 Å². The van der Waals surface area contributed by atoms with Gasteiger partial charge in [0, 0.05) is 30.7 Å². The third kappa shape index (κ3) is 4.09. The standard InChI is InChI=1S/C26H19FN2O5/c27-21-12-16(26(30)31)1-3-20(21)24-13-22-25(34-24)19(5-8-29-22)15-2-4-23(17(11-15)14-28)33-18-6-9-32-10-7-18/h1-5,8,11-13,18H,6-7,9-10H2,(H,30,31). The van der Waals surface area contributed by atoms with Crippen LogP contribution in [0.3, 0.4) is 0 Å². The normalized spacial score (nSPS) is 14.1. The van der Waals surface area contributed by atoms with Gasteiger partial charge >= 0.3 is 5.97 Å². The van der Waals surface area contributed by atoms with Gasteiger partial charge in [0.2, 0.25) is 0 Å². The van der Waals surface area contributed by atoms with Gasteiger partial charge in [-0.3, -0.25) is 4.98 Å². The molecule has 0 bridgehead atoms. The maximum absolute atomic E-state index is 14.6. The van der Waals surface area contributed by atoms with Gasteiger partial charge in [0.05, 0.1) is 29.9 Å². The molecule has 2 aromatic carbocycles. The van der Waals surface area contributed by atoms with E-state index in [4.69, 9.17) is 19.0 Å². The molecule has 0 atom stereocenters. The summed E-state index contributed by atoms with van der Waals surface area (Å²) in [4.78, 5) is 15.4. The number of furan rings is 1. The minimum Gasteiger partial charge on any atom is -0.489 e. The number of benzene rings is 2. The van der Waals surface area contributed by atoms with E-state index in [1.54, 1.807) is 30.5 Å². The lowest BCUT2D eigenvalue weighted by Gasteiger charge is -2.23. The van der Waals surface area contributed by atoms with Crippen molar-refractivity contribution in [1.29, 1.82) is 5.26 Å². The van der Waals surface area contributed by atoms with Crippen molar-refractivity contribution in [1.82, 2.24) is 4.98 Å². The summed E-state index contributed by atoms with van der Waals surface area (Å²) in [6.45, 7) is 1.28. The van der Waals surface area contributed by atoms with Gasteiger partial charge in [-0.2, -0.15) is 5.26 Å². The van der Waals surface area contributed by atoms with Crippen LogP contribution < -0.4 is 4.74 Å². The highest BCUT2D eigenvalue weighted by molar-refractivity contribution is 5.93. The maximum Gasteiger partial charge on any atom is 0.335 e. The number of carbonyl (C=O) groups is 1. The van der Waals surface area contributed by atoms with Crippen molar-refractivity contribution in [2.45, 2.75) is 18.9 Å². The van der Waals surface area contributed by atoms with Gasteiger partial charge in [0.15, 0.2) is 5.58 Å². The predicted octanol–water partition coefficient (Wildman–Crippen LogP) is 5.43. The van der Waals surface area contributed by atoms with Crippen molar-refractivity contribution in [2.75, 3.05) is 13.2 Å². The number of hydrogen-bond donors (Lipinski definition) is 1. The Bertz CT molecular complexity index is 1430. The number of aromatic carboxylic acids is 1. The van der Waals surface area contributed by atoms with Crippen LogP contribution in [0.4, 0.5) is 4.39 Å². The van der Waals surface area contributed by atoms with Crippen LogP contribution in [0.15, 0.2) is 59.1 Å². The molecular weight excluding hydrogens is 439 g/mol. The van der Waals surface area contributed by atoms with Gasteiger partial charge in [0.25, 0.3) is 0 Å². The minimum atomic E-state index is -1.21. The lowest BCUT2D eigenvalue weighted by Crippen LogP contribution is -2.26. The van der Waals surface area contributed by atoms with Crippen LogP contribution in [0, 0.1) is 17.1 Å². The number of nitrogens with zero attached hydrogens (tertiary/aromatic N) is 2. The first-order chi connectivity index (χ1) is 16.5. The highest BCUT2D eigenvalue weighted by Gasteiger charge is 2.19. The van der Waals surface area contributed by atoms with Gasteiger partial charge in [-0.25, -0.2) is 9.18 Å². The number of fused-ring (bicyclic) bond motifs is 1. The molecule has 1 aliphatic rings. The van der Waals surface area contributed by atoms with Crippen molar-refractivity contribution < 1.29 is 28.2 Å². The van der Waals surface area contributed by atoms with Gasteiger partial charge in [-0.1, -0.05) is 6.07 Å². The lowest BCUT2D eigenvalue weighted by molar-refractivity contribution is 0.0254. The average molecular weight is 458 g/mol. The highest BCUT2D eigenvalue weighted by atomic mass is 19.1. The summed E-state index contributed by atoms with van der Waals surface area (Å²) in [7, 11) is 0. The zero-order valence-electron chi connectivity index (χ0n) is 18.0. The number of aromatic nitrogens is 1. The number of ether oxygens (including phenoxy) is 2. The van der Waals surface area contributed by atoms with E-state index in [9.17, 15) is 14.4 Å². The van der Waals surface area contributed by atoms with Crippen LogP contribution in [-0.4, -0.2) is 35.4 Å². The van der Waals surface area contributed by atoms with Crippen LogP contribution in [0.25, 0.3) is 33.6 Å². The van der Waals surface area contributed by atoms with E-state index in [2.05, 4.69) is 11.1 Å². The van der Waals surface area contributed by atoms with E-state index in [1.807, 2.05) is 6.07 Å². The number of rotatable bonds is 5. The second-order valence-corrected chi connectivity index (χ2v) is 7.94. The van der Waals surface area contributed by atoms with Gasteiger partial charge in [-0.05, 0) is 42.0 Å². The molecular formula is C26H19FN2O5. The van der Waals surface area contributed by atoms with Crippen molar-refractivity contribution >= 4 is 17.1 Å². The topological polar surface area (TPSA) is 106 Å². The molecule has 0 unspecified atom stereocenters. The Morgan fingerprint density at radius 2 is 1.94 bits per heavy atom. The monoisotopic (exact) mass is 458 g/mol. The molecule has 2 aromatic heterocycles. The molecule has 3 heterocycles. The summed E-state index contributed by atoms with van der Waals surface area (Å²) in [5.41, 5.74) is 2.74. The van der Waals surface area contributed by atoms with Crippen molar-refractivity contribution in [3.8, 4) is 34.3 Å². The second-order valence-electron chi connectivity index (χ2n) is 7.94. The first-order valence-corrected chi connectivity index (χ1v) is 10.7. The van der Waals surface area contributed by atoms with Crippen LogP contribution in [0.2, 0.25) is 0 Å². The van der Waals surface area contributed by atoms with E-state index in [-0.39, 0.29) is 23.0 Å². The molecule has 5 rings (SSSR count). The highest BCUT2D eigenvalue weighted by Crippen LogP contribution is 2.36. The summed E-state index contributed by atoms with van der Waals surface area (Å²) in [6, 6.07) is 14.5. The fraction of sp³-hybridized carbons (Fsp3) is 0.192. The van der Waals surface area contributed by atoms with Crippen molar-refractivity contribution in [3.63, 3.8) is 0 Å². The van der Waals surface area contributed by atoms with E-state index in [0.29, 0.717) is 41.2 Å². The summed E-state index contributed by atoms with van der Waals surface area (Å²) < 4.78 is 31.9. The number of halogens is 1. The maximum atomic E-state index is 14.6. The zero-order valence-corrected chi connectivity index (χ0v) is 18.0. The molecule has 1 aliphatic heterocycles. The molecule has 0 spiro atoms. The summed E-state index contributed by atoms with van der Waals surface area (Å²) in [5.74, 6) is -1.17. The first kappa shape index (κ1) is 21.6. The van der Waals surface area contributed by atoms with Crippen LogP contribution in [0.5, 0.6) is 5.75 Å². The fourth-order valence-corrected chi connectivity index (χ4v) is 4.01. The molecule has 7 nitrogen and oxygen atoms in total. The molecule has 0 radical (unpaired) electrons. The number of nitriles is 1. The summed E-state index contributed by atoms with van der Waals surface area (Å²) >= 11 is 0. The Labute approximate surface area is 194 Å². The van der Waals surface area contributed by atoms with Crippen molar-refractivity contribution in [2.24, 2.45) is 0 Å². The van der Waals surface area contributed by atoms with Crippen molar-refractivity contribution in [3.05, 3.63) is 71.7 Å². The third-order valence-corrected chi connectivity index (χ3v) is 5.77. The quantitative estimate of drug-likeness (QED) is 0.425. The fourth-order valence-electron chi connectivity index (χ4n) is 4.01. The summed E-state index contributed by atoms with van der Waals surface area (Å²) in [6.07, 6.45) is 3.17. The Hall–Kier alpha value is -4.22. The van der Waals surface area contributed by atoms with Gasteiger partial charge in [-0.15, -0.1) is 0 Å². The number of carboxylic acids is 1. The van der Waals surface area contributed by atoms with Gasteiger partial charge in [0.1, 0.15) is 35.0 Å². The molecule has 0 saturated carbocycles. The molecule has 4 aromatic rings. The van der Waals surface area contributed by atoms with Gasteiger partial charge < -0.3 is 19.0 Å². The molecule has 0 amide bonds. The van der Waals surface area contributed by atoms with E-state index < -0.39 is 11.8 Å². The SMILES string of the molecule is N#Cc1cc(-c2ccnc3cc(-c4ccc(C(=O)O)cc4F)oc23)ccc1OC1CCOCC1. The molecule has 170 valence electrons. The smallest absolute Gasteiger partial charge is 0.335 e. The van der Waals surface area contributed by atoms with E-state index >= 15 is 0 Å². The molecule has 34 heavy (non-hydrogen) atoms. The molecule has 1 N–H and O–H groups in total. The van der Waals surface area contributed by atoms with E-state index in [0.717, 1.165) is 24.5 Å². The van der Waals surface area contributed by atoms with Crippen LogP contribution in [0.1, 0.15) is 28.8 Å². The number of carboxylic acid groups (broad SMARTS) is 1. The molecule has 1 fully saturated rings. The second kappa shape index (κ2) is 8.96. The molecule has 0 aliphatic carbocycles. The number of hydrogen-bond acceptors (Lipinski definition) is 6. The largest absolute Gasteiger partial charge is 0.489 e. The minimum absolute atomic E-state index is 0.00868. The Morgan fingerprint density at radius 3 is 2.68 bits per heavy atom. The lowest BCUT2D eigenvalue weighted by atomic mass is 10.0. The zero-order chi connectivity index (χ0) is 23.7.